The lowest BCUT2D eigenvalue weighted by atomic mass is 9.78. The van der Waals surface area contributed by atoms with E-state index in [0.717, 1.165) is 17.9 Å². The predicted octanol–water partition coefficient (Wildman–Crippen LogP) is 0.191. The summed E-state index contributed by atoms with van der Waals surface area (Å²) in [6.45, 7) is 0. The van der Waals surface area contributed by atoms with Gasteiger partial charge in [0.05, 0.1) is 11.6 Å². The van der Waals surface area contributed by atoms with Crippen molar-refractivity contribution in [3.63, 3.8) is 0 Å². The Kier molecular flexibility index (Phi) is 2.76. The number of hydrogen-bond donors (Lipinski definition) is 2. The first-order valence-corrected chi connectivity index (χ1v) is 5.10. The fourth-order valence-corrected chi connectivity index (χ4v) is 1.67. The molecule has 2 N–H and O–H groups in total. The normalized spacial score (nSPS) is 14.7. The summed E-state index contributed by atoms with van der Waals surface area (Å²) in [5.41, 5.74) is 1.96. The first-order chi connectivity index (χ1) is 7.20. The molecule has 1 aliphatic carbocycles. The zero-order valence-electron chi connectivity index (χ0n) is 8.35. The lowest BCUT2D eigenvalue weighted by Crippen LogP contribution is -2.30. The molecule has 1 aromatic carbocycles. The highest BCUT2D eigenvalue weighted by molar-refractivity contribution is 6.58. The van der Waals surface area contributed by atoms with Crippen molar-refractivity contribution < 1.29 is 10.0 Å². The minimum Gasteiger partial charge on any atom is -0.423 e. The molecular formula is C11H12BNO2. The van der Waals surface area contributed by atoms with Crippen molar-refractivity contribution in [2.24, 2.45) is 5.92 Å². The topological polar surface area (TPSA) is 64.2 Å². The number of rotatable bonds is 3. The first kappa shape index (κ1) is 10.2. The minimum absolute atomic E-state index is 0.381. The van der Waals surface area contributed by atoms with Crippen LogP contribution in [0.5, 0.6) is 0 Å². The van der Waals surface area contributed by atoms with Crippen LogP contribution < -0.4 is 5.46 Å². The van der Waals surface area contributed by atoms with Gasteiger partial charge in [0.25, 0.3) is 0 Å². The number of nitrogens with zero attached hydrogens (tertiary/aromatic N) is 1. The van der Waals surface area contributed by atoms with Gasteiger partial charge in [-0.2, -0.15) is 5.26 Å². The molecule has 2 rings (SSSR count). The van der Waals surface area contributed by atoms with Crippen molar-refractivity contribution in [1.29, 1.82) is 5.26 Å². The molecule has 1 saturated carbocycles. The van der Waals surface area contributed by atoms with E-state index in [2.05, 4.69) is 6.07 Å². The van der Waals surface area contributed by atoms with Crippen LogP contribution >= 0.6 is 0 Å². The van der Waals surface area contributed by atoms with Gasteiger partial charge in [-0.15, -0.1) is 0 Å². The standard InChI is InChI=1S/C11H12BNO2/c13-7-10-6-11(12(14)15)4-3-9(10)5-8-1-2-8/h3-4,6,8,14-15H,1-2,5H2. The highest BCUT2D eigenvalue weighted by Crippen LogP contribution is 2.33. The third kappa shape index (κ3) is 2.38. The van der Waals surface area contributed by atoms with E-state index in [0.29, 0.717) is 11.0 Å². The van der Waals surface area contributed by atoms with Crippen LogP contribution in [0.15, 0.2) is 18.2 Å². The summed E-state index contributed by atoms with van der Waals surface area (Å²) in [5.74, 6) is 0.724. The van der Waals surface area contributed by atoms with E-state index in [1.165, 1.54) is 12.8 Å². The maximum Gasteiger partial charge on any atom is 0.488 e. The van der Waals surface area contributed by atoms with Crippen molar-refractivity contribution in [3.05, 3.63) is 29.3 Å². The van der Waals surface area contributed by atoms with Crippen LogP contribution in [0, 0.1) is 17.2 Å². The van der Waals surface area contributed by atoms with Gasteiger partial charge in [0.1, 0.15) is 0 Å². The number of hydrogen-bond acceptors (Lipinski definition) is 3. The van der Waals surface area contributed by atoms with Crippen LogP contribution in [0.3, 0.4) is 0 Å². The molecule has 0 spiro atoms. The summed E-state index contributed by atoms with van der Waals surface area (Å²) < 4.78 is 0. The number of benzene rings is 1. The molecule has 0 heterocycles. The Morgan fingerprint density at radius 1 is 1.40 bits per heavy atom. The Morgan fingerprint density at radius 2 is 2.13 bits per heavy atom. The Balaban J connectivity index is 2.26. The van der Waals surface area contributed by atoms with Crippen molar-refractivity contribution >= 4 is 12.6 Å². The average molecular weight is 201 g/mol. The molecule has 0 radical (unpaired) electrons. The van der Waals surface area contributed by atoms with Gasteiger partial charge in [-0.1, -0.05) is 12.1 Å². The van der Waals surface area contributed by atoms with Gasteiger partial charge >= 0.3 is 7.12 Å². The van der Waals surface area contributed by atoms with Crippen molar-refractivity contribution in [1.82, 2.24) is 0 Å². The van der Waals surface area contributed by atoms with Gasteiger partial charge in [0, 0.05) is 0 Å². The lowest BCUT2D eigenvalue weighted by Gasteiger charge is -2.05. The van der Waals surface area contributed by atoms with Crippen molar-refractivity contribution in [3.8, 4) is 6.07 Å². The molecule has 0 aromatic heterocycles. The molecule has 76 valence electrons. The predicted molar refractivity (Wildman–Crippen MR) is 57.4 cm³/mol. The Labute approximate surface area is 89.1 Å². The minimum atomic E-state index is -1.49. The zero-order valence-corrected chi connectivity index (χ0v) is 8.35. The molecule has 0 amide bonds. The maximum absolute atomic E-state index is 8.97. The summed E-state index contributed by atoms with van der Waals surface area (Å²) in [7, 11) is -1.49. The van der Waals surface area contributed by atoms with Crippen LogP contribution in [-0.2, 0) is 6.42 Å². The third-order valence-corrected chi connectivity index (χ3v) is 2.76. The van der Waals surface area contributed by atoms with Crippen molar-refractivity contribution in [2.45, 2.75) is 19.3 Å². The fourth-order valence-electron chi connectivity index (χ4n) is 1.67. The summed E-state index contributed by atoms with van der Waals surface area (Å²) in [5, 5.41) is 26.9. The summed E-state index contributed by atoms with van der Waals surface area (Å²) in [6, 6.07) is 7.15. The van der Waals surface area contributed by atoms with E-state index in [-0.39, 0.29) is 0 Å². The molecule has 15 heavy (non-hydrogen) atoms. The molecule has 3 nitrogen and oxygen atoms in total. The summed E-state index contributed by atoms with van der Waals surface area (Å²) in [4.78, 5) is 0. The molecule has 0 unspecified atom stereocenters. The van der Waals surface area contributed by atoms with Crippen LogP contribution in [0.4, 0.5) is 0 Å². The monoisotopic (exact) mass is 201 g/mol. The Bertz CT molecular complexity index is 408. The molecular weight excluding hydrogens is 189 g/mol. The smallest absolute Gasteiger partial charge is 0.423 e. The first-order valence-electron chi connectivity index (χ1n) is 5.10. The molecule has 0 bridgehead atoms. The van der Waals surface area contributed by atoms with Gasteiger partial charge in [-0.25, -0.2) is 0 Å². The van der Waals surface area contributed by atoms with E-state index in [9.17, 15) is 0 Å². The van der Waals surface area contributed by atoms with E-state index in [4.69, 9.17) is 15.3 Å². The van der Waals surface area contributed by atoms with Crippen LogP contribution in [-0.4, -0.2) is 17.2 Å². The number of nitriles is 1. The highest BCUT2D eigenvalue weighted by atomic mass is 16.4. The molecule has 0 aliphatic heterocycles. The molecule has 1 fully saturated rings. The van der Waals surface area contributed by atoms with Crippen LogP contribution in [0.25, 0.3) is 0 Å². The second-order valence-corrected chi connectivity index (χ2v) is 4.05. The molecule has 0 saturated heterocycles. The average Bonchev–Trinajstić information content (AvgIpc) is 3.02. The zero-order chi connectivity index (χ0) is 10.8. The van der Waals surface area contributed by atoms with Gasteiger partial charge in [-0.3, -0.25) is 0 Å². The molecule has 0 atom stereocenters. The van der Waals surface area contributed by atoms with Crippen LogP contribution in [0.1, 0.15) is 24.0 Å². The van der Waals surface area contributed by atoms with Gasteiger partial charge in [0.15, 0.2) is 0 Å². The maximum atomic E-state index is 8.97. The van der Waals surface area contributed by atoms with Crippen molar-refractivity contribution in [2.75, 3.05) is 0 Å². The quantitative estimate of drug-likeness (QED) is 0.686. The largest absolute Gasteiger partial charge is 0.488 e. The highest BCUT2D eigenvalue weighted by Gasteiger charge is 2.23. The van der Waals surface area contributed by atoms with Crippen LogP contribution in [0.2, 0.25) is 0 Å². The molecule has 1 aliphatic rings. The second-order valence-electron chi connectivity index (χ2n) is 4.05. The lowest BCUT2D eigenvalue weighted by molar-refractivity contribution is 0.426. The van der Waals surface area contributed by atoms with Gasteiger partial charge < -0.3 is 10.0 Å². The molecule has 1 aromatic rings. The van der Waals surface area contributed by atoms with Gasteiger partial charge in [-0.05, 0) is 42.3 Å². The third-order valence-electron chi connectivity index (χ3n) is 2.76. The van der Waals surface area contributed by atoms with E-state index in [1.54, 1.807) is 12.1 Å². The van der Waals surface area contributed by atoms with E-state index < -0.39 is 7.12 Å². The fraction of sp³-hybridized carbons (Fsp3) is 0.364. The SMILES string of the molecule is N#Cc1cc(B(O)O)ccc1CC1CC1. The summed E-state index contributed by atoms with van der Waals surface area (Å²) in [6.07, 6.45) is 3.43. The Hall–Kier alpha value is -1.31. The molecule has 4 heteroatoms. The second kappa shape index (κ2) is 4.05. The Morgan fingerprint density at radius 3 is 2.67 bits per heavy atom. The summed E-state index contributed by atoms with van der Waals surface area (Å²) >= 11 is 0. The van der Waals surface area contributed by atoms with E-state index >= 15 is 0 Å². The van der Waals surface area contributed by atoms with E-state index in [1.807, 2.05) is 6.07 Å². The van der Waals surface area contributed by atoms with Gasteiger partial charge in [0.2, 0.25) is 0 Å².